The monoisotopic (exact) mass is 350 g/mol. The summed E-state index contributed by atoms with van der Waals surface area (Å²) < 4.78 is 5.37. The highest BCUT2D eigenvalue weighted by atomic mass is 16.6. The van der Waals surface area contributed by atoms with Gasteiger partial charge in [0.15, 0.2) is 0 Å². The molecule has 25 heavy (non-hydrogen) atoms. The number of nitrogens with one attached hydrogen (secondary N) is 1. The SMILES string of the molecule is CN1CCN(C(=O)OCC2=C(C(=O)O)N3C(=O)[C@H]4NC[C@@H](C2)[C@H]43)CC1. The van der Waals surface area contributed by atoms with Gasteiger partial charge in [0.1, 0.15) is 18.3 Å². The number of β-lactam (4-membered cyclic amide) rings is 1. The summed E-state index contributed by atoms with van der Waals surface area (Å²) in [6.07, 6.45) is 0.111. The molecular formula is C16H22N4O5. The van der Waals surface area contributed by atoms with Crippen LogP contribution in [0.15, 0.2) is 11.3 Å². The van der Waals surface area contributed by atoms with Gasteiger partial charge in [-0.25, -0.2) is 9.59 Å². The van der Waals surface area contributed by atoms with Gasteiger partial charge in [0.05, 0.1) is 6.04 Å². The molecule has 0 aliphatic carbocycles. The Morgan fingerprint density at radius 1 is 1.28 bits per heavy atom. The number of carbonyl (C=O) groups excluding carboxylic acids is 2. The van der Waals surface area contributed by atoms with E-state index in [1.54, 1.807) is 4.90 Å². The normalized spacial score (nSPS) is 31.7. The Balaban J connectivity index is 1.46. The van der Waals surface area contributed by atoms with E-state index in [2.05, 4.69) is 10.2 Å². The molecule has 0 radical (unpaired) electrons. The molecule has 2 N–H and O–H groups in total. The Kier molecular flexibility index (Phi) is 3.92. The van der Waals surface area contributed by atoms with Crippen molar-refractivity contribution in [2.24, 2.45) is 5.92 Å². The summed E-state index contributed by atoms with van der Waals surface area (Å²) >= 11 is 0. The lowest BCUT2D eigenvalue weighted by molar-refractivity contribution is -0.153. The lowest BCUT2D eigenvalue weighted by atomic mass is 9.79. The Morgan fingerprint density at radius 3 is 2.68 bits per heavy atom. The van der Waals surface area contributed by atoms with Gasteiger partial charge >= 0.3 is 12.1 Å². The number of carbonyl (C=O) groups is 3. The van der Waals surface area contributed by atoms with E-state index in [9.17, 15) is 19.5 Å². The van der Waals surface area contributed by atoms with Gasteiger partial charge in [-0.15, -0.1) is 0 Å². The van der Waals surface area contributed by atoms with Gasteiger partial charge < -0.3 is 25.0 Å². The molecule has 4 aliphatic rings. The number of amides is 2. The molecule has 3 fully saturated rings. The van der Waals surface area contributed by atoms with Crippen molar-refractivity contribution in [3.63, 3.8) is 0 Å². The molecule has 4 heterocycles. The molecule has 136 valence electrons. The third-order valence-electron chi connectivity index (χ3n) is 5.64. The van der Waals surface area contributed by atoms with Crippen molar-refractivity contribution in [2.45, 2.75) is 18.5 Å². The number of hydrogen-bond donors (Lipinski definition) is 2. The Hall–Kier alpha value is -2.13. The quantitative estimate of drug-likeness (QED) is 0.624. The fourth-order valence-electron chi connectivity index (χ4n) is 4.25. The first kappa shape index (κ1) is 16.3. The second kappa shape index (κ2) is 5.99. The molecule has 0 saturated carbocycles. The van der Waals surface area contributed by atoms with Crippen molar-refractivity contribution in [3.05, 3.63) is 11.3 Å². The van der Waals surface area contributed by atoms with Gasteiger partial charge in [-0.2, -0.15) is 0 Å². The summed E-state index contributed by atoms with van der Waals surface area (Å²) in [5.74, 6) is -1.15. The Bertz CT molecular complexity index is 655. The fourth-order valence-corrected chi connectivity index (χ4v) is 4.25. The smallest absolute Gasteiger partial charge is 0.410 e. The molecule has 3 saturated heterocycles. The lowest BCUT2D eigenvalue weighted by Gasteiger charge is -2.48. The zero-order valence-electron chi connectivity index (χ0n) is 14.1. The van der Waals surface area contributed by atoms with E-state index in [1.807, 2.05) is 7.05 Å². The molecule has 0 aromatic carbocycles. The maximum atomic E-state index is 12.2. The van der Waals surface area contributed by atoms with E-state index in [4.69, 9.17) is 4.74 Å². The first-order valence-electron chi connectivity index (χ1n) is 8.59. The van der Waals surface area contributed by atoms with Gasteiger partial charge in [-0.1, -0.05) is 0 Å². The highest BCUT2D eigenvalue weighted by Crippen LogP contribution is 2.43. The molecule has 9 nitrogen and oxygen atoms in total. The summed E-state index contributed by atoms with van der Waals surface area (Å²) in [7, 11) is 2.00. The number of carboxylic acid groups (broad SMARTS) is 1. The summed E-state index contributed by atoms with van der Waals surface area (Å²) in [5, 5.41) is 12.7. The van der Waals surface area contributed by atoms with Crippen molar-refractivity contribution in [2.75, 3.05) is 46.4 Å². The van der Waals surface area contributed by atoms with Crippen LogP contribution < -0.4 is 5.32 Å². The highest BCUT2D eigenvalue weighted by molar-refractivity contribution is 6.00. The average Bonchev–Trinajstić information content (AvgIpc) is 2.99. The minimum atomic E-state index is -1.14. The lowest BCUT2D eigenvalue weighted by Crippen LogP contribution is -2.68. The van der Waals surface area contributed by atoms with Crippen molar-refractivity contribution >= 4 is 18.0 Å². The van der Waals surface area contributed by atoms with Crippen LogP contribution in [0.4, 0.5) is 4.79 Å². The maximum Gasteiger partial charge on any atom is 0.410 e. The third kappa shape index (κ3) is 2.58. The predicted octanol–water partition coefficient (Wildman–Crippen LogP) is -1.09. The zero-order chi connectivity index (χ0) is 17.7. The molecule has 0 aromatic rings. The van der Waals surface area contributed by atoms with Gasteiger partial charge in [-0.05, 0) is 25.0 Å². The van der Waals surface area contributed by atoms with Crippen molar-refractivity contribution in [3.8, 4) is 0 Å². The molecular weight excluding hydrogens is 328 g/mol. The summed E-state index contributed by atoms with van der Waals surface area (Å²) in [5.41, 5.74) is 0.518. The van der Waals surface area contributed by atoms with E-state index in [1.165, 1.54) is 4.90 Å². The second-order valence-electron chi connectivity index (χ2n) is 7.15. The van der Waals surface area contributed by atoms with Crippen LogP contribution in [0.1, 0.15) is 6.42 Å². The Morgan fingerprint density at radius 2 is 2.00 bits per heavy atom. The van der Waals surface area contributed by atoms with Crippen LogP contribution in [0.25, 0.3) is 0 Å². The minimum Gasteiger partial charge on any atom is -0.477 e. The van der Waals surface area contributed by atoms with Crippen molar-refractivity contribution < 1.29 is 24.2 Å². The van der Waals surface area contributed by atoms with Crippen LogP contribution in [-0.4, -0.2) is 96.2 Å². The third-order valence-corrected chi connectivity index (χ3v) is 5.64. The van der Waals surface area contributed by atoms with E-state index in [-0.39, 0.29) is 36.2 Å². The number of likely N-dealkylation sites (N-methyl/N-ethyl adjacent to an activating group) is 1. The number of aliphatic carboxylic acids is 1. The van der Waals surface area contributed by atoms with Crippen LogP contribution in [0, 0.1) is 5.92 Å². The van der Waals surface area contributed by atoms with Crippen LogP contribution >= 0.6 is 0 Å². The van der Waals surface area contributed by atoms with Crippen LogP contribution in [0.5, 0.6) is 0 Å². The molecule has 0 aromatic heterocycles. The fraction of sp³-hybridized carbons (Fsp3) is 0.688. The largest absolute Gasteiger partial charge is 0.477 e. The van der Waals surface area contributed by atoms with Crippen LogP contribution in [0.3, 0.4) is 0 Å². The van der Waals surface area contributed by atoms with Gasteiger partial charge in [0.2, 0.25) is 5.91 Å². The molecule has 0 spiro atoms. The van der Waals surface area contributed by atoms with Gasteiger partial charge in [-0.3, -0.25) is 9.69 Å². The zero-order valence-corrected chi connectivity index (χ0v) is 14.1. The maximum absolute atomic E-state index is 12.2. The van der Waals surface area contributed by atoms with Gasteiger partial charge in [0, 0.05) is 32.7 Å². The second-order valence-corrected chi connectivity index (χ2v) is 7.15. The number of hydrogen-bond acceptors (Lipinski definition) is 6. The molecule has 3 atom stereocenters. The molecule has 2 amide bonds. The van der Waals surface area contributed by atoms with Crippen molar-refractivity contribution in [1.29, 1.82) is 0 Å². The summed E-state index contributed by atoms with van der Waals surface area (Å²) in [4.78, 5) is 41.2. The topological polar surface area (TPSA) is 102 Å². The number of nitrogens with zero attached hydrogens (tertiary/aromatic N) is 3. The van der Waals surface area contributed by atoms with E-state index >= 15 is 0 Å². The summed E-state index contributed by atoms with van der Waals surface area (Å²) in [6, 6.07) is -0.329. The van der Waals surface area contributed by atoms with Crippen LogP contribution in [0.2, 0.25) is 0 Å². The van der Waals surface area contributed by atoms with Crippen LogP contribution in [-0.2, 0) is 14.3 Å². The predicted molar refractivity (Wildman–Crippen MR) is 85.6 cm³/mol. The van der Waals surface area contributed by atoms with E-state index in [0.29, 0.717) is 31.6 Å². The first-order valence-corrected chi connectivity index (χ1v) is 8.59. The Labute approximate surface area is 145 Å². The molecule has 4 rings (SSSR count). The molecule has 0 bridgehead atoms. The highest BCUT2D eigenvalue weighted by Gasteiger charge is 2.59. The van der Waals surface area contributed by atoms with Crippen molar-refractivity contribution in [1.82, 2.24) is 20.0 Å². The first-order chi connectivity index (χ1) is 12.0. The van der Waals surface area contributed by atoms with E-state index in [0.717, 1.165) is 13.1 Å². The number of piperazine rings is 1. The average molecular weight is 350 g/mol. The molecule has 9 heteroatoms. The number of rotatable bonds is 3. The minimum absolute atomic E-state index is 0.00243. The number of ether oxygens (including phenoxy) is 1. The number of carboxylic acids is 1. The summed E-state index contributed by atoms with van der Waals surface area (Å²) in [6.45, 7) is 3.38. The standard InChI is InChI=1S/C16H22N4O5/c1-18-2-4-19(5-3-18)16(24)25-8-10-6-9-7-17-11-12(9)20(14(11)21)13(10)15(22)23/h9,11-12,17H,2-8H2,1H3,(H,22,23)/t9-,11+,12-/m1/s1. The van der Waals surface area contributed by atoms with E-state index < -0.39 is 12.1 Å². The van der Waals surface area contributed by atoms with Gasteiger partial charge in [0.25, 0.3) is 0 Å². The molecule has 4 aliphatic heterocycles. The molecule has 0 unspecified atom stereocenters.